The summed E-state index contributed by atoms with van der Waals surface area (Å²) < 4.78 is 33.1. The van der Waals surface area contributed by atoms with E-state index in [-0.39, 0.29) is 32.6 Å². The molecule has 10 heteroatoms. The standard InChI is InChI=1S/C69H114NO8P/c1-3-5-7-9-11-13-15-17-19-21-23-25-27-28-29-30-31-32-33-34-35-36-37-38-40-42-44-46-48-50-52-54-56-58-60-62-69(72)78-67(66-77-79(73,74)76-64-63-70)65-75-68(71)61-59-57-55-53-51-49-47-45-43-41-39-26-24-22-20-18-16-14-12-10-8-6-4-2/h5-8,11-14,17-20,23-26,28-29,31-32,34-35,41,43,67H,3-4,9-10,15-16,21-22,27,30,33,36-40,42,44-66,70H2,1-2H3,(H,73,74)/b7-5-,8-6-,13-11-,14-12-,19-17-,20-18-,25-23-,26-24-,29-28-,32-31-,35-34-,43-41-. The fraction of sp³-hybridized carbons (Fsp3) is 0.623. The lowest BCUT2D eigenvalue weighted by molar-refractivity contribution is -0.161. The molecule has 0 aromatic heterocycles. The maximum absolute atomic E-state index is 12.7. The second-order valence-corrected chi connectivity index (χ2v) is 21.6. The van der Waals surface area contributed by atoms with Gasteiger partial charge in [-0.3, -0.25) is 18.6 Å². The van der Waals surface area contributed by atoms with Gasteiger partial charge >= 0.3 is 19.8 Å². The monoisotopic (exact) mass is 1120 g/mol. The topological polar surface area (TPSA) is 134 Å². The lowest BCUT2D eigenvalue weighted by Crippen LogP contribution is -2.29. The van der Waals surface area contributed by atoms with Gasteiger partial charge in [0.25, 0.3) is 0 Å². The number of carbonyl (C=O) groups excluding carboxylic acids is 2. The van der Waals surface area contributed by atoms with E-state index in [0.717, 1.165) is 122 Å². The van der Waals surface area contributed by atoms with Crippen LogP contribution in [0.15, 0.2) is 146 Å². The Hall–Kier alpha value is -4.11. The van der Waals surface area contributed by atoms with E-state index in [1.165, 1.54) is 83.5 Å². The highest BCUT2D eigenvalue weighted by Gasteiger charge is 2.26. The summed E-state index contributed by atoms with van der Waals surface area (Å²) in [7, 11) is -4.40. The van der Waals surface area contributed by atoms with E-state index in [0.29, 0.717) is 12.8 Å². The second kappa shape index (κ2) is 63.1. The van der Waals surface area contributed by atoms with Crippen LogP contribution in [0.1, 0.15) is 245 Å². The largest absolute Gasteiger partial charge is 0.472 e. The summed E-state index contributed by atoms with van der Waals surface area (Å²) in [5.41, 5.74) is 5.39. The molecule has 9 nitrogen and oxygen atoms in total. The highest BCUT2D eigenvalue weighted by Crippen LogP contribution is 2.43. The smallest absolute Gasteiger partial charge is 0.462 e. The van der Waals surface area contributed by atoms with Gasteiger partial charge < -0.3 is 20.1 Å². The molecule has 0 aliphatic carbocycles. The summed E-state index contributed by atoms with van der Waals surface area (Å²) >= 11 is 0. The van der Waals surface area contributed by atoms with E-state index in [2.05, 4.69) is 160 Å². The molecule has 2 atom stereocenters. The van der Waals surface area contributed by atoms with E-state index in [1.54, 1.807) is 0 Å². The molecule has 448 valence electrons. The van der Waals surface area contributed by atoms with Crippen LogP contribution in [0.2, 0.25) is 0 Å². The van der Waals surface area contributed by atoms with Gasteiger partial charge in [-0.2, -0.15) is 0 Å². The van der Waals surface area contributed by atoms with Gasteiger partial charge in [0, 0.05) is 19.4 Å². The van der Waals surface area contributed by atoms with Gasteiger partial charge in [0.1, 0.15) is 6.61 Å². The zero-order chi connectivity index (χ0) is 57.3. The molecule has 0 rings (SSSR count). The summed E-state index contributed by atoms with van der Waals surface area (Å²) in [4.78, 5) is 35.3. The van der Waals surface area contributed by atoms with Crippen LogP contribution in [-0.4, -0.2) is 49.3 Å². The molecule has 0 spiro atoms. The molecule has 0 radical (unpaired) electrons. The molecule has 79 heavy (non-hydrogen) atoms. The second-order valence-electron chi connectivity index (χ2n) is 20.2. The normalized spacial score (nSPS) is 14.0. The molecular formula is C69H114NO8P. The van der Waals surface area contributed by atoms with E-state index < -0.39 is 32.5 Å². The lowest BCUT2D eigenvalue weighted by Gasteiger charge is -2.19. The van der Waals surface area contributed by atoms with Crippen LogP contribution in [0.5, 0.6) is 0 Å². The molecule has 0 aromatic carbocycles. The zero-order valence-electron chi connectivity index (χ0n) is 50.0. The van der Waals surface area contributed by atoms with Gasteiger partial charge in [0.15, 0.2) is 6.10 Å². The van der Waals surface area contributed by atoms with Gasteiger partial charge in [0.2, 0.25) is 0 Å². The Bertz CT molecular complexity index is 1800. The number of unbranched alkanes of at least 4 members (excludes halogenated alkanes) is 20. The Kier molecular flexibility index (Phi) is 59.8. The summed E-state index contributed by atoms with van der Waals surface area (Å²) in [5.74, 6) is -0.848. The van der Waals surface area contributed by atoms with Crippen LogP contribution in [0, 0.1) is 0 Å². The van der Waals surface area contributed by atoms with Crippen molar-refractivity contribution in [2.45, 2.75) is 251 Å². The number of carbonyl (C=O) groups is 2. The number of hydrogen-bond donors (Lipinski definition) is 2. The zero-order valence-corrected chi connectivity index (χ0v) is 50.9. The van der Waals surface area contributed by atoms with E-state index in [9.17, 15) is 19.0 Å². The van der Waals surface area contributed by atoms with Crippen molar-refractivity contribution in [3.63, 3.8) is 0 Å². The SMILES string of the molecule is CC/C=C\C/C=C\C/C=C\C/C=C\C/C=C\C/C=C\C/C=C\CCCCCCCCCCCCCCCC(=O)OC(COC(=O)CCCCCCCCC/C=C\C/C=C\C/C=C\C/C=C\C/C=C\CC)COP(=O)(O)OCCN. The Morgan fingerprint density at radius 1 is 0.380 bits per heavy atom. The van der Waals surface area contributed by atoms with E-state index in [4.69, 9.17) is 24.3 Å². The van der Waals surface area contributed by atoms with Gasteiger partial charge in [0.05, 0.1) is 13.2 Å². The van der Waals surface area contributed by atoms with Crippen molar-refractivity contribution in [2.24, 2.45) is 5.73 Å². The molecule has 0 saturated carbocycles. The van der Waals surface area contributed by atoms with Gasteiger partial charge in [-0.05, 0) is 116 Å². The highest BCUT2D eigenvalue weighted by molar-refractivity contribution is 7.47. The average Bonchev–Trinajstić information content (AvgIpc) is 3.44. The fourth-order valence-corrected chi connectivity index (χ4v) is 8.94. The number of phosphoric acid groups is 1. The molecular weight excluding hydrogens is 1000 g/mol. The minimum atomic E-state index is -4.40. The number of ether oxygens (including phenoxy) is 2. The van der Waals surface area contributed by atoms with Crippen molar-refractivity contribution >= 4 is 19.8 Å². The van der Waals surface area contributed by atoms with Crippen molar-refractivity contribution in [3.05, 3.63) is 146 Å². The van der Waals surface area contributed by atoms with Crippen molar-refractivity contribution in [3.8, 4) is 0 Å². The van der Waals surface area contributed by atoms with Crippen LogP contribution in [0.25, 0.3) is 0 Å². The Morgan fingerprint density at radius 2 is 0.658 bits per heavy atom. The third kappa shape index (κ3) is 62.9. The van der Waals surface area contributed by atoms with Crippen molar-refractivity contribution in [1.29, 1.82) is 0 Å². The van der Waals surface area contributed by atoms with Gasteiger partial charge in [-0.25, -0.2) is 4.57 Å². The number of nitrogens with two attached hydrogens (primary N) is 1. The summed E-state index contributed by atoms with van der Waals surface area (Å²) in [5, 5.41) is 0. The molecule has 0 fully saturated rings. The van der Waals surface area contributed by atoms with Crippen LogP contribution >= 0.6 is 7.82 Å². The first-order valence-electron chi connectivity index (χ1n) is 31.3. The summed E-state index contributed by atoms with van der Waals surface area (Å²) in [6.07, 6.45) is 90.5. The minimum absolute atomic E-state index is 0.0446. The molecule has 2 unspecified atom stereocenters. The number of allylic oxidation sites excluding steroid dienone is 24. The average molecular weight is 1120 g/mol. The van der Waals surface area contributed by atoms with E-state index in [1.807, 2.05) is 0 Å². The lowest BCUT2D eigenvalue weighted by atomic mass is 10.0. The Morgan fingerprint density at radius 3 is 0.975 bits per heavy atom. The number of hydrogen-bond acceptors (Lipinski definition) is 8. The predicted octanol–water partition coefficient (Wildman–Crippen LogP) is 20.3. The molecule has 0 aromatic rings. The molecule has 0 amide bonds. The molecule has 0 bridgehead atoms. The first kappa shape index (κ1) is 74.9. The van der Waals surface area contributed by atoms with Crippen LogP contribution in [-0.2, 0) is 32.7 Å². The maximum atomic E-state index is 12.7. The summed E-state index contributed by atoms with van der Waals surface area (Å²) in [6.45, 7) is 3.50. The summed E-state index contributed by atoms with van der Waals surface area (Å²) in [6, 6.07) is 0. The number of rotatable bonds is 57. The van der Waals surface area contributed by atoms with Crippen LogP contribution in [0.3, 0.4) is 0 Å². The Labute approximate surface area is 484 Å². The minimum Gasteiger partial charge on any atom is -0.462 e. The predicted molar refractivity (Wildman–Crippen MR) is 339 cm³/mol. The van der Waals surface area contributed by atoms with Crippen molar-refractivity contribution < 1.29 is 37.6 Å². The fourth-order valence-electron chi connectivity index (χ4n) is 8.17. The maximum Gasteiger partial charge on any atom is 0.472 e. The molecule has 0 aliphatic rings. The van der Waals surface area contributed by atoms with Gasteiger partial charge in [-0.15, -0.1) is 0 Å². The van der Waals surface area contributed by atoms with E-state index >= 15 is 0 Å². The van der Waals surface area contributed by atoms with Gasteiger partial charge in [-0.1, -0.05) is 262 Å². The first-order valence-corrected chi connectivity index (χ1v) is 32.8. The third-order valence-electron chi connectivity index (χ3n) is 12.7. The van der Waals surface area contributed by atoms with Crippen LogP contribution in [0.4, 0.5) is 0 Å². The quantitative estimate of drug-likeness (QED) is 0.0264. The molecule has 0 saturated heterocycles. The number of esters is 2. The highest BCUT2D eigenvalue weighted by atomic mass is 31.2. The molecule has 0 heterocycles. The first-order chi connectivity index (χ1) is 38.8. The third-order valence-corrected chi connectivity index (χ3v) is 13.7. The number of phosphoric ester groups is 1. The van der Waals surface area contributed by atoms with Crippen LogP contribution < -0.4 is 5.73 Å². The molecule has 3 N–H and O–H groups in total. The molecule has 0 aliphatic heterocycles. The van der Waals surface area contributed by atoms with Crippen molar-refractivity contribution in [2.75, 3.05) is 26.4 Å². The Balaban J connectivity index is 3.98. The van der Waals surface area contributed by atoms with Crippen molar-refractivity contribution in [1.82, 2.24) is 0 Å².